The first kappa shape index (κ1) is 25.0. The number of Topliss-reactive ketones (excluding diaryl/α,β-unsaturated/α-hetero) is 1. The number of carbonyl (C=O) groups excluding carboxylic acids is 3. The number of ketones is 1. The number of nitrogens with zero attached hydrogens (tertiary/aromatic N) is 1. The van der Waals surface area contributed by atoms with Gasteiger partial charge >= 0.3 is 5.97 Å². The maximum atomic E-state index is 13.0. The van der Waals surface area contributed by atoms with E-state index in [9.17, 15) is 19.5 Å². The predicted octanol–water partition coefficient (Wildman–Crippen LogP) is 5.01. The van der Waals surface area contributed by atoms with Crippen molar-refractivity contribution >= 4 is 23.4 Å². The van der Waals surface area contributed by atoms with Gasteiger partial charge in [-0.25, -0.2) is 0 Å². The van der Waals surface area contributed by atoms with Crippen LogP contribution in [-0.4, -0.2) is 40.8 Å². The van der Waals surface area contributed by atoms with Crippen LogP contribution in [0.4, 0.5) is 0 Å². The second-order valence-electron chi connectivity index (χ2n) is 8.24. The first-order chi connectivity index (χ1) is 16.4. The van der Waals surface area contributed by atoms with Crippen molar-refractivity contribution in [3.05, 3.63) is 65.2 Å². The first-order valence-corrected chi connectivity index (χ1v) is 11.7. The number of esters is 1. The Hall–Kier alpha value is -3.61. The molecule has 1 atom stereocenters. The molecule has 34 heavy (non-hydrogen) atoms. The van der Waals surface area contributed by atoms with Crippen LogP contribution >= 0.6 is 0 Å². The quantitative estimate of drug-likeness (QED) is 0.132. The number of hydrogen-bond acceptors (Lipinski definition) is 6. The maximum absolute atomic E-state index is 13.0. The Morgan fingerprint density at radius 3 is 2.18 bits per heavy atom. The molecule has 0 aromatic heterocycles. The van der Waals surface area contributed by atoms with E-state index in [1.807, 2.05) is 6.92 Å². The number of ether oxygens (including phenoxy) is 2. The minimum atomic E-state index is -0.740. The Morgan fingerprint density at radius 1 is 0.941 bits per heavy atom. The van der Waals surface area contributed by atoms with Gasteiger partial charge in [-0.15, -0.1) is 0 Å². The van der Waals surface area contributed by atoms with Crippen LogP contribution in [0.2, 0.25) is 0 Å². The van der Waals surface area contributed by atoms with Gasteiger partial charge in [0.1, 0.15) is 17.3 Å². The zero-order valence-corrected chi connectivity index (χ0v) is 19.9. The van der Waals surface area contributed by atoms with Crippen LogP contribution in [0.25, 0.3) is 5.76 Å². The topological polar surface area (TPSA) is 93.1 Å². The number of benzene rings is 2. The van der Waals surface area contributed by atoms with Crippen molar-refractivity contribution in [3.8, 4) is 11.5 Å². The lowest BCUT2D eigenvalue weighted by Crippen LogP contribution is -2.30. The fraction of sp³-hybridized carbons (Fsp3) is 0.370. The fourth-order valence-corrected chi connectivity index (χ4v) is 3.99. The largest absolute Gasteiger partial charge is 0.507 e. The molecule has 7 heteroatoms. The summed E-state index contributed by atoms with van der Waals surface area (Å²) in [6.45, 7) is 6.33. The number of likely N-dealkylation sites (tertiary alicyclic amines) is 1. The Labute approximate surface area is 200 Å². The zero-order chi connectivity index (χ0) is 24.7. The summed E-state index contributed by atoms with van der Waals surface area (Å²) in [5, 5.41) is 11.1. The molecule has 3 rings (SSSR count). The van der Waals surface area contributed by atoms with Crippen molar-refractivity contribution in [3.63, 3.8) is 0 Å². The van der Waals surface area contributed by atoms with Crippen LogP contribution in [0.15, 0.2) is 54.1 Å². The third kappa shape index (κ3) is 5.65. The average molecular weight is 466 g/mol. The molecule has 1 aliphatic rings. The van der Waals surface area contributed by atoms with Crippen molar-refractivity contribution in [1.29, 1.82) is 0 Å². The van der Waals surface area contributed by atoms with Crippen molar-refractivity contribution in [2.24, 2.45) is 0 Å². The number of aliphatic hydroxyl groups excluding tert-OH is 1. The van der Waals surface area contributed by atoms with E-state index in [4.69, 9.17) is 9.47 Å². The smallest absolute Gasteiger partial charge is 0.308 e. The van der Waals surface area contributed by atoms with Crippen LogP contribution in [0.1, 0.15) is 63.6 Å². The molecule has 1 saturated heterocycles. The molecule has 1 unspecified atom stereocenters. The molecule has 1 N–H and O–H groups in total. The van der Waals surface area contributed by atoms with Gasteiger partial charge in [-0.05, 0) is 54.8 Å². The molecule has 1 fully saturated rings. The van der Waals surface area contributed by atoms with Gasteiger partial charge in [0, 0.05) is 19.0 Å². The van der Waals surface area contributed by atoms with Gasteiger partial charge in [0.25, 0.3) is 11.7 Å². The SMILES string of the molecule is CCCCCOc1ccc(/C(O)=C2/C(=O)C(=O)N(CCC)C2c2ccc(OC(C)=O)cc2)cc1. The monoisotopic (exact) mass is 465 g/mol. The van der Waals surface area contributed by atoms with Gasteiger partial charge in [0.15, 0.2) is 0 Å². The van der Waals surface area contributed by atoms with Crippen LogP contribution in [0.3, 0.4) is 0 Å². The van der Waals surface area contributed by atoms with Crippen LogP contribution in [-0.2, 0) is 14.4 Å². The summed E-state index contributed by atoms with van der Waals surface area (Å²) in [5.41, 5.74) is 1.10. The summed E-state index contributed by atoms with van der Waals surface area (Å²) in [6.07, 6.45) is 3.83. The van der Waals surface area contributed by atoms with E-state index in [1.54, 1.807) is 48.5 Å². The molecule has 1 aliphatic heterocycles. The van der Waals surface area contributed by atoms with Gasteiger partial charge in [0.05, 0.1) is 18.2 Å². The van der Waals surface area contributed by atoms with Crippen molar-refractivity contribution < 1.29 is 29.0 Å². The molecule has 0 saturated carbocycles. The summed E-state index contributed by atoms with van der Waals surface area (Å²) in [5.74, 6) is -1.01. The number of carbonyl (C=O) groups is 3. The first-order valence-electron chi connectivity index (χ1n) is 11.7. The highest BCUT2D eigenvalue weighted by atomic mass is 16.5. The fourth-order valence-electron chi connectivity index (χ4n) is 3.99. The Balaban J connectivity index is 1.94. The van der Waals surface area contributed by atoms with Crippen molar-refractivity contribution in [2.45, 2.75) is 52.5 Å². The number of hydrogen-bond donors (Lipinski definition) is 1. The summed E-state index contributed by atoms with van der Waals surface area (Å²) >= 11 is 0. The lowest BCUT2D eigenvalue weighted by atomic mass is 9.95. The molecule has 0 spiro atoms. The Bertz CT molecular complexity index is 1060. The molecule has 0 bridgehead atoms. The third-order valence-electron chi connectivity index (χ3n) is 5.61. The van der Waals surface area contributed by atoms with Crippen molar-refractivity contribution in [2.75, 3.05) is 13.2 Å². The third-order valence-corrected chi connectivity index (χ3v) is 5.61. The molecule has 2 aromatic rings. The van der Waals surface area contributed by atoms with E-state index in [1.165, 1.54) is 11.8 Å². The highest BCUT2D eigenvalue weighted by Crippen LogP contribution is 2.40. The molecule has 180 valence electrons. The van der Waals surface area contributed by atoms with E-state index in [2.05, 4.69) is 6.92 Å². The second-order valence-corrected chi connectivity index (χ2v) is 8.24. The molecule has 7 nitrogen and oxygen atoms in total. The molecule has 2 aromatic carbocycles. The summed E-state index contributed by atoms with van der Waals surface area (Å²) < 4.78 is 10.8. The van der Waals surface area contributed by atoms with E-state index in [-0.39, 0.29) is 11.3 Å². The van der Waals surface area contributed by atoms with E-state index in [0.29, 0.717) is 42.2 Å². The molecule has 1 amide bonds. The number of rotatable bonds is 10. The number of unbranched alkanes of at least 4 members (excludes halogenated alkanes) is 2. The summed E-state index contributed by atoms with van der Waals surface area (Å²) in [7, 11) is 0. The van der Waals surface area contributed by atoms with Gasteiger partial charge < -0.3 is 19.5 Å². The minimum absolute atomic E-state index is 0.0373. The summed E-state index contributed by atoms with van der Waals surface area (Å²) in [6, 6.07) is 12.7. The van der Waals surface area contributed by atoms with Crippen molar-refractivity contribution in [1.82, 2.24) is 4.90 Å². The maximum Gasteiger partial charge on any atom is 0.308 e. The van der Waals surface area contributed by atoms with Gasteiger partial charge in [-0.1, -0.05) is 38.8 Å². The molecule has 0 radical (unpaired) electrons. The molecular formula is C27H31NO6. The number of aliphatic hydroxyl groups is 1. The lowest BCUT2D eigenvalue weighted by molar-refractivity contribution is -0.139. The summed E-state index contributed by atoms with van der Waals surface area (Å²) in [4.78, 5) is 38.5. The van der Waals surface area contributed by atoms with E-state index >= 15 is 0 Å². The van der Waals surface area contributed by atoms with Gasteiger partial charge in [-0.3, -0.25) is 14.4 Å². The lowest BCUT2D eigenvalue weighted by Gasteiger charge is -2.25. The Kier molecular flexibility index (Phi) is 8.46. The predicted molar refractivity (Wildman–Crippen MR) is 129 cm³/mol. The van der Waals surface area contributed by atoms with E-state index < -0.39 is 23.7 Å². The molecular weight excluding hydrogens is 434 g/mol. The molecule has 0 aliphatic carbocycles. The normalized spacial score (nSPS) is 17.1. The average Bonchev–Trinajstić information content (AvgIpc) is 3.07. The van der Waals surface area contributed by atoms with Crippen LogP contribution in [0.5, 0.6) is 11.5 Å². The van der Waals surface area contributed by atoms with Gasteiger partial charge in [0.2, 0.25) is 0 Å². The standard InChI is InChI=1S/C27H31NO6/c1-4-6-7-17-33-21-12-10-20(11-13-21)25(30)23-24(28(16-5-2)27(32)26(23)31)19-8-14-22(15-9-19)34-18(3)29/h8-15,24,30H,4-7,16-17H2,1-3H3/b25-23-. The highest BCUT2D eigenvalue weighted by Gasteiger charge is 2.45. The minimum Gasteiger partial charge on any atom is -0.507 e. The van der Waals surface area contributed by atoms with Crippen LogP contribution < -0.4 is 9.47 Å². The zero-order valence-electron chi connectivity index (χ0n) is 19.9. The Morgan fingerprint density at radius 2 is 1.59 bits per heavy atom. The van der Waals surface area contributed by atoms with E-state index in [0.717, 1.165) is 19.3 Å². The molecule has 1 heterocycles. The highest BCUT2D eigenvalue weighted by molar-refractivity contribution is 6.46. The van der Waals surface area contributed by atoms with Gasteiger partial charge in [-0.2, -0.15) is 0 Å². The number of amides is 1. The second kappa shape index (κ2) is 11.5. The van der Waals surface area contributed by atoms with Crippen LogP contribution in [0, 0.1) is 0 Å².